The summed E-state index contributed by atoms with van der Waals surface area (Å²) in [5.74, 6) is -0.183. The van der Waals surface area contributed by atoms with Crippen LogP contribution in [-0.4, -0.2) is 10.5 Å². The van der Waals surface area contributed by atoms with Crippen LogP contribution >= 0.6 is 27.5 Å². The highest BCUT2D eigenvalue weighted by atomic mass is 79.9. The third-order valence-electron chi connectivity index (χ3n) is 2.29. The summed E-state index contributed by atoms with van der Waals surface area (Å²) in [6, 6.07) is 9.05. The molecule has 0 aliphatic heterocycles. The minimum atomic E-state index is -0.183. The maximum atomic E-state index is 12.0. The van der Waals surface area contributed by atoms with Gasteiger partial charge >= 0.3 is 0 Å². The Morgan fingerprint density at radius 1 is 1.41 bits per heavy atom. The second kappa shape index (κ2) is 4.94. The number of nitrogens with zero attached hydrogens (tertiary/aromatic N) is 1. The normalized spacial score (nSPS) is 10.3. The maximum absolute atomic E-state index is 12.0. The van der Waals surface area contributed by atoms with E-state index >= 15 is 0 Å². The lowest BCUT2D eigenvalue weighted by atomic mass is 10.3. The zero-order chi connectivity index (χ0) is 12.4. The molecule has 2 aromatic rings. The molecule has 0 saturated heterocycles. The van der Waals surface area contributed by atoms with Gasteiger partial charge in [-0.1, -0.05) is 33.6 Å². The molecular formula is C12H10BrClN2O. The van der Waals surface area contributed by atoms with Gasteiger partial charge in [0, 0.05) is 23.4 Å². The fourth-order valence-electron chi connectivity index (χ4n) is 1.51. The minimum Gasteiger partial charge on any atom is -0.345 e. The van der Waals surface area contributed by atoms with Crippen LogP contribution in [0.25, 0.3) is 0 Å². The molecule has 0 radical (unpaired) electrons. The summed E-state index contributed by atoms with van der Waals surface area (Å²) in [5, 5.41) is 3.35. The average molecular weight is 314 g/mol. The predicted molar refractivity (Wildman–Crippen MR) is 72.5 cm³/mol. The van der Waals surface area contributed by atoms with Crippen LogP contribution in [0.1, 0.15) is 10.5 Å². The fraction of sp³-hybridized carbons (Fsp3) is 0.0833. The van der Waals surface area contributed by atoms with Crippen molar-refractivity contribution in [3.05, 3.63) is 51.7 Å². The second-order valence-corrected chi connectivity index (χ2v) is 4.97. The van der Waals surface area contributed by atoms with Gasteiger partial charge in [-0.15, -0.1) is 0 Å². The molecule has 0 aliphatic rings. The predicted octanol–water partition coefficient (Wildman–Crippen LogP) is 3.69. The topological polar surface area (TPSA) is 34.0 Å². The van der Waals surface area contributed by atoms with Gasteiger partial charge < -0.3 is 9.88 Å². The molecule has 1 aromatic carbocycles. The molecule has 88 valence electrons. The SMILES string of the molecule is Cn1cc(Cl)cc1C(=O)Nc1cccc(Br)c1. The number of hydrogen-bond donors (Lipinski definition) is 1. The lowest BCUT2D eigenvalue weighted by molar-refractivity contribution is 0.101. The first-order valence-corrected chi connectivity index (χ1v) is 6.12. The Balaban J connectivity index is 2.20. The molecule has 0 spiro atoms. The number of rotatable bonds is 2. The van der Waals surface area contributed by atoms with Crippen molar-refractivity contribution in [3.8, 4) is 0 Å². The quantitative estimate of drug-likeness (QED) is 0.901. The van der Waals surface area contributed by atoms with Crippen molar-refractivity contribution in [2.75, 3.05) is 5.32 Å². The highest BCUT2D eigenvalue weighted by molar-refractivity contribution is 9.10. The highest BCUT2D eigenvalue weighted by Gasteiger charge is 2.11. The molecular weight excluding hydrogens is 304 g/mol. The van der Waals surface area contributed by atoms with Crippen LogP contribution in [-0.2, 0) is 7.05 Å². The third-order valence-corrected chi connectivity index (χ3v) is 2.99. The number of amides is 1. The second-order valence-electron chi connectivity index (χ2n) is 3.62. The zero-order valence-corrected chi connectivity index (χ0v) is 11.4. The van der Waals surface area contributed by atoms with Gasteiger partial charge in [0.15, 0.2) is 0 Å². The first kappa shape index (κ1) is 12.2. The number of hydrogen-bond acceptors (Lipinski definition) is 1. The molecule has 1 N–H and O–H groups in total. The monoisotopic (exact) mass is 312 g/mol. The maximum Gasteiger partial charge on any atom is 0.272 e. The Kier molecular flexibility index (Phi) is 3.54. The van der Waals surface area contributed by atoms with E-state index in [2.05, 4.69) is 21.2 Å². The lowest BCUT2D eigenvalue weighted by Crippen LogP contribution is -2.15. The summed E-state index contributed by atoms with van der Waals surface area (Å²) in [6.07, 6.45) is 1.69. The molecule has 2 rings (SSSR count). The molecule has 0 aliphatic carbocycles. The number of carbonyl (C=O) groups is 1. The van der Waals surface area contributed by atoms with E-state index in [1.54, 1.807) is 23.9 Å². The number of carbonyl (C=O) groups excluding carboxylic acids is 1. The molecule has 0 fully saturated rings. The molecule has 0 unspecified atom stereocenters. The van der Waals surface area contributed by atoms with Crippen molar-refractivity contribution in [1.29, 1.82) is 0 Å². The van der Waals surface area contributed by atoms with E-state index in [0.717, 1.165) is 10.2 Å². The summed E-state index contributed by atoms with van der Waals surface area (Å²) >= 11 is 9.18. The van der Waals surface area contributed by atoms with Gasteiger partial charge in [-0.2, -0.15) is 0 Å². The molecule has 0 bridgehead atoms. The lowest BCUT2D eigenvalue weighted by Gasteiger charge is -2.06. The fourth-order valence-corrected chi connectivity index (χ4v) is 2.16. The smallest absolute Gasteiger partial charge is 0.272 e. The first-order chi connectivity index (χ1) is 8.06. The van der Waals surface area contributed by atoms with Crippen molar-refractivity contribution in [3.63, 3.8) is 0 Å². The van der Waals surface area contributed by atoms with Crippen LogP contribution in [0.4, 0.5) is 5.69 Å². The summed E-state index contributed by atoms with van der Waals surface area (Å²) in [6.45, 7) is 0. The van der Waals surface area contributed by atoms with Gasteiger partial charge in [-0.25, -0.2) is 0 Å². The third kappa shape index (κ3) is 2.90. The zero-order valence-electron chi connectivity index (χ0n) is 9.08. The van der Waals surface area contributed by atoms with E-state index in [0.29, 0.717) is 10.7 Å². The van der Waals surface area contributed by atoms with E-state index < -0.39 is 0 Å². The van der Waals surface area contributed by atoms with Crippen LogP contribution in [0.2, 0.25) is 5.02 Å². The van der Waals surface area contributed by atoms with Crippen LogP contribution in [0.3, 0.4) is 0 Å². The van der Waals surface area contributed by atoms with E-state index in [9.17, 15) is 4.79 Å². The van der Waals surface area contributed by atoms with Crippen LogP contribution in [0.5, 0.6) is 0 Å². The van der Waals surface area contributed by atoms with Gasteiger partial charge in [-0.3, -0.25) is 4.79 Å². The Morgan fingerprint density at radius 3 is 2.76 bits per heavy atom. The molecule has 17 heavy (non-hydrogen) atoms. The van der Waals surface area contributed by atoms with Crippen molar-refractivity contribution in [2.45, 2.75) is 0 Å². The number of anilines is 1. The molecule has 1 amide bonds. The number of benzene rings is 1. The Morgan fingerprint density at radius 2 is 2.18 bits per heavy atom. The Hall–Kier alpha value is -1.26. The van der Waals surface area contributed by atoms with Crippen molar-refractivity contribution in [1.82, 2.24) is 4.57 Å². The average Bonchev–Trinajstić information content (AvgIpc) is 2.58. The molecule has 0 saturated carbocycles. The van der Waals surface area contributed by atoms with Crippen LogP contribution in [0.15, 0.2) is 41.0 Å². The van der Waals surface area contributed by atoms with Gasteiger partial charge in [0.25, 0.3) is 5.91 Å². The van der Waals surface area contributed by atoms with Gasteiger partial charge in [0.1, 0.15) is 5.69 Å². The van der Waals surface area contributed by atoms with Crippen molar-refractivity contribution >= 4 is 39.1 Å². The molecule has 0 atom stereocenters. The number of aryl methyl sites for hydroxylation is 1. The molecule has 5 heteroatoms. The first-order valence-electron chi connectivity index (χ1n) is 4.95. The van der Waals surface area contributed by atoms with Crippen molar-refractivity contribution in [2.24, 2.45) is 7.05 Å². The summed E-state index contributed by atoms with van der Waals surface area (Å²) in [7, 11) is 1.78. The number of nitrogens with one attached hydrogen (secondary N) is 1. The molecule has 1 heterocycles. The Bertz CT molecular complexity index is 565. The standard InChI is InChI=1S/C12H10BrClN2O/c1-16-7-9(14)6-11(16)12(17)15-10-4-2-3-8(13)5-10/h2-7H,1H3,(H,15,17). The van der Waals surface area contributed by atoms with E-state index in [1.807, 2.05) is 24.3 Å². The largest absolute Gasteiger partial charge is 0.345 e. The Labute approximate surface area is 113 Å². The molecule has 1 aromatic heterocycles. The van der Waals surface area contributed by atoms with Crippen LogP contribution < -0.4 is 5.32 Å². The van der Waals surface area contributed by atoms with Gasteiger partial charge in [0.2, 0.25) is 0 Å². The van der Waals surface area contributed by atoms with E-state index in [-0.39, 0.29) is 5.91 Å². The van der Waals surface area contributed by atoms with Crippen LogP contribution in [0, 0.1) is 0 Å². The van der Waals surface area contributed by atoms with Gasteiger partial charge in [-0.05, 0) is 24.3 Å². The summed E-state index contributed by atoms with van der Waals surface area (Å²) in [5.41, 5.74) is 1.26. The summed E-state index contributed by atoms with van der Waals surface area (Å²) in [4.78, 5) is 12.0. The van der Waals surface area contributed by atoms with Gasteiger partial charge in [0.05, 0.1) is 5.02 Å². The number of aromatic nitrogens is 1. The van der Waals surface area contributed by atoms with Crippen molar-refractivity contribution < 1.29 is 4.79 Å². The minimum absolute atomic E-state index is 0.183. The van der Waals surface area contributed by atoms with E-state index in [1.165, 1.54) is 0 Å². The number of halogens is 2. The summed E-state index contributed by atoms with van der Waals surface area (Å²) < 4.78 is 2.61. The van der Waals surface area contributed by atoms with E-state index in [4.69, 9.17) is 11.6 Å². The molecule has 3 nitrogen and oxygen atoms in total. The highest BCUT2D eigenvalue weighted by Crippen LogP contribution is 2.18.